The van der Waals surface area contributed by atoms with Gasteiger partial charge in [-0.3, -0.25) is 0 Å². The average Bonchev–Trinajstić information content (AvgIpc) is 2.98. The van der Waals surface area contributed by atoms with E-state index in [1.807, 2.05) is 24.0 Å². The first-order valence-corrected chi connectivity index (χ1v) is 9.90. The van der Waals surface area contributed by atoms with Gasteiger partial charge in [-0.2, -0.15) is 13.2 Å². The molecule has 2 aliphatic rings. The van der Waals surface area contributed by atoms with Crippen LogP contribution in [-0.2, 0) is 6.18 Å². The average molecular weight is 440 g/mol. The van der Waals surface area contributed by atoms with Crippen molar-refractivity contribution in [3.8, 4) is 0 Å². The Hall–Kier alpha value is -2.20. The van der Waals surface area contributed by atoms with E-state index in [-0.39, 0.29) is 0 Å². The number of hydrogen-bond acceptors (Lipinski definition) is 6. The van der Waals surface area contributed by atoms with Crippen molar-refractivity contribution in [2.24, 2.45) is 16.5 Å². The maximum atomic E-state index is 12.9. The molecule has 2 atom stereocenters. The molecular formula is C19H17ClF3N5S. The number of nitrogens with two attached hydrogens (primary N) is 2. The predicted octanol–water partition coefficient (Wildman–Crippen LogP) is 4.47. The van der Waals surface area contributed by atoms with Crippen molar-refractivity contribution in [3.05, 3.63) is 69.3 Å². The zero-order chi connectivity index (χ0) is 20.9. The fourth-order valence-electron chi connectivity index (χ4n) is 3.38. The van der Waals surface area contributed by atoms with Crippen LogP contribution >= 0.6 is 23.4 Å². The van der Waals surface area contributed by atoms with E-state index in [2.05, 4.69) is 4.99 Å². The molecule has 4 rings (SSSR count). The van der Waals surface area contributed by atoms with E-state index in [0.717, 1.165) is 23.4 Å². The Kier molecular flexibility index (Phi) is 5.02. The maximum absolute atomic E-state index is 12.9. The van der Waals surface area contributed by atoms with Crippen LogP contribution in [0.3, 0.4) is 0 Å². The molecule has 0 radical (unpaired) electrons. The fourth-order valence-corrected chi connectivity index (χ4v) is 4.69. The van der Waals surface area contributed by atoms with Crippen LogP contribution in [0.2, 0.25) is 5.02 Å². The van der Waals surface area contributed by atoms with Crippen LogP contribution < -0.4 is 21.3 Å². The first-order chi connectivity index (χ1) is 13.7. The molecule has 2 aromatic rings. The quantitative estimate of drug-likeness (QED) is 0.722. The topological polar surface area (TPSA) is 70.9 Å². The largest absolute Gasteiger partial charge is 0.416 e. The highest BCUT2D eigenvalue weighted by Gasteiger charge is 2.40. The molecule has 5 nitrogen and oxygen atoms in total. The number of thioether (sulfide) groups is 1. The number of hydrogen-bond donors (Lipinski definition) is 2. The zero-order valence-corrected chi connectivity index (χ0v) is 16.8. The van der Waals surface area contributed by atoms with Crippen LogP contribution in [0.5, 0.6) is 0 Å². The fraction of sp³-hybridized carbons (Fsp3) is 0.211. The molecule has 2 aliphatic heterocycles. The third kappa shape index (κ3) is 3.48. The van der Waals surface area contributed by atoms with Gasteiger partial charge in [0.05, 0.1) is 28.3 Å². The number of benzene rings is 2. The number of alkyl halides is 3. The maximum Gasteiger partial charge on any atom is 0.416 e. The lowest BCUT2D eigenvalue weighted by atomic mass is 10.1. The monoisotopic (exact) mass is 439 g/mol. The Morgan fingerprint density at radius 1 is 1.10 bits per heavy atom. The lowest BCUT2D eigenvalue weighted by Gasteiger charge is -2.36. The predicted molar refractivity (Wildman–Crippen MR) is 112 cm³/mol. The number of halogens is 4. The molecule has 0 aliphatic carbocycles. The summed E-state index contributed by atoms with van der Waals surface area (Å²) < 4.78 is 38.6. The van der Waals surface area contributed by atoms with Gasteiger partial charge in [0.15, 0.2) is 0 Å². The lowest BCUT2D eigenvalue weighted by Crippen LogP contribution is -2.50. The summed E-state index contributed by atoms with van der Waals surface area (Å²) in [5.74, 6) is 0. The molecule has 2 unspecified atom stereocenters. The Labute approximate surface area is 174 Å². The van der Waals surface area contributed by atoms with Crippen LogP contribution in [0, 0.1) is 6.92 Å². The van der Waals surface area contributed by atoms with Crippen LogP contribution in [-0.4, -0.2) is 18.0 Å². The summed E-state index contributed by atoms with van der Waals surface area (Å²) in [6.45, 7) is 1.92. The van der Waals surface area contributed by atoms with Crippen molar-refractivity contribution < 1.29 is 13.2 Å². The van der Waals surface area contributed by atoms with E-state index >= 15 is 0 Å². The minimum atomic E-state index is -4.40. The molecule has 0 amide bonds. The van der Waals surface area contributed by atoms with Crippen LogP contribution in [0.15, 0.2) is 58.2 Å². The number of aryl methyl sites for hydroxylation is 1. The van der Waals surface area contributed by atoms with Crippen LogP contribution in [0.1, 0.15) is 11.1 Å². The molecule has 152 valence electrons. The summed E-state index contributed by atoms with van der Waals surface area (Å²) in [5, 5.41) is 1.19. The van der Waals surface area contributed by atoms with Gasteiger partial charge in [0.2, 0.25) is 0 Å². The molecule has 2 aromatic carbocycles. The lowest BCUT2D eigenvalue weighted by molar-refractivity contribution is -0.137. The second kappa shape index (κ2) is 7.24. The Morgan fingerprint density at radius 2 is 1.79 bits per heavy atom. The minimum absolute atomic E-state index is 0.477. The molecule has 0 aromatic heterocycles. The SMILES string of the molecule is Cc1cccc(Cl)c1N1C2=C(N=CN(c3ccc(C(F)(F)F)cc3)C2N)SC1N. The smallest absolute Gasteiger partial charge is 0.312 e. The normalized spacial score (nSPS) is 21.8. The molecule has 0 saturated heterocycles. The Balaban J connectivity index is 1.71. The van der Waals surface area contributed by atoms with Gasteiger partial charge in [0.1, 0.15) is 16.7 Å². The van der Waals surface area contributed by atoms with Gasteiger partial charge in [0, 0.05) is 5.69 Å². The Bertz CT molecular complexity index is 986. The highest BCUT2D eigenvalue weighted by Crippen LogP contribution is 2.46. The number of aliphatic imine (C=N–C) groups is 1. The summed E-state index contributed by atoms with van der Waals surface area (Å²) in [4.78, 5) is 7.88. The van der Waals surface area contributed by atoms with Gasteiger partial charge in [-0.25, -0.2) is 4.99 Å². The molecule has 29 heavy (non-hydrogen) atoms. The minimum Gasteiger partial charge on any atom is -0.312 e. The van der Waals surface area contributed by atoms with Crippen molar-refractivity contribution in [3.63, 3.8) is 0 Å². The van der Waals surface area contributed by atoms with Crippen molar-refractivity contribution in [2.45, 2.75) is 24.8 Å². The summed E-state index contributed by atoms with van der Waals surface area (Å²) in [6, 6.07) is 10.3. The first kappa shape index (κ1) is 20.1. The van der Waals surface area contributed by atoms with Gasteiger partial charge < -0.3 is 21.3 Å². The van der Waals surface area contributed by atoms with E-state index in [1.165, 1.54) is 30.2 Å². The molecule has 10 heteroatoms. The van der Waals surface area contributed by atoms with Gasteiger partial charge in [-0.15, -0.1) is 0 Å². The van der Waals surface area contributed by atoms with Crippen LogP contribution in [0.25, 0.3) is 0 Å². The summed E-state index contributed by atoms with van der Waals surface area (Å²) in [7, 11) is 0. The number of para-hydroxylation sites is 1. The molecule has 0 bridgehead atoms. The second-order valence-corrected chi connectivity index (χ2v) is 8.13. The standard InChI is InChI=1S/C19H17ClF3N5S/c1-10-3-2-4-13(20)14(10)28-15-16(24)27(9-26-17(15)29-18(28)25)12-7-5-11(6-8-12)19(21,22)23/h2-9,16,18H,24-25H2,1H3. The zero-order valence-electron chi connectivity index (χ0n) is 15.2. The van der Waals surface area contributed by atoms with Crippen molar-refractivity contribution in [1.82, 2.24) is 0 Å². The van der Waals surface area contributed by atoms with Crippen molar-refractivity contribution in [2.75, 3.05) is 9.80 Å². The second-order valence-electron chi connectivity index (χ2n) is 6.62. The summed E-state index contributed by atoms with van der Waals surface area (Å²) >= 11 is 7.79. The Morgan fingerprint density at radius 3 is 2.41 bits per heavy atom. The van der Waals surface area contributed by atoms with E-state index < -0.39 is 23.4 Å². The highest BCUT2D eigenvalue weighted by molar-refractivity contribution is 8.04. The molecule has 0 spiro atoms. The van der Waals surface area contributed by atoms with E-state index in [0.29, 0.717) is 21.4 Å². The molecular weight excluding hydrogens is 423 g/mol. The molecule has 2 heterocycles. The molecule has 0 saturated carbocycles. The van der Waals surface area contributed by atoms with Gasteiger partial charge in [-0.1, -0.05) is 35.5 Å². The summed E-state index contributed by atoms with van der Waals surface area (Å²) in [6.07, 6.45) is -3.59. The van der Waals surface area contributed by atoms with Crippen molar-refractivity contribution >= 4 is 41.1 Å². The van der Waals surface area contributed by atoms with Gasteiger partial charge in [-0.05, 0) is 42.8 Å². The van der Waals surface area contributed by atoms with Crippen molar-refractivity contribution in [1.29, 1.82) is 0 Å². The van der Waals surface area contributed by atoms with E-state index in [1.54, 1.807) is 11.0 Å². The first-order valence-electron chi connectivity index (χ1n) is 8.64. The third-order valence-electron chi connectivity index (χ3n) is 4.77. The number of rotatable bonds is 2. The molecule has 4 N–H and O–H groups in total. The number of nitrogens with zero attached hydrogens (tertiary/aromatic N) is 3. The number of anilines is 2. The van der Waals surface area contributed by atoms with Gasteiger partial charge >= 0.3 is 6.18 Å². The third-order valence-corrected chi connectivity index (χ3v) is 6.06. The van der Waals surface area contributed by atoms with Crippen LogP contribution in [0.4, 0.5) is 24.5 Å². The molecule has 0 fully saturated rings. The van der Waals surface area contributed by atoms with E-state index in [4.69, 9.17) is 23.1 Å². The van der Waals surface area contributed by atoms with Gasteiger partial charge in [0.25, 0.3) is 0 Å². The highest BCUT2D eigenvalue weighted by atomic mass is 35.5. The van der Waals surface area contributed by atoms with E-state index in [9.17, 15) is 13.2 Å². The summed E-state index contributed by atoms with van der Waals surface area (Å²) in [5.41, 5.74) is 14.4.